The van der Waals surface area contributed by atoms with E-state index in [0.29, 0.717) is 12.2 Å². The molecular formula is C14H17Cl2N3O2. The minimum Gasteiger partial charge on any atom is -0.379 e. The maximum atomic E-state index is 11.9. The number of amides is 1. The van der Waals surface area contributed by atoms with Crippen LogP contribution in [0.25, 0.3) is 0 Å². The molecule has 7 heteroatoms. The van der Waals surface area contributed by atoms with Crippen LogP contribution in [-0.2, 0) is 16.1 Å². The molecule has 1 saturated heterocycles. The van der Waals surface area contributed by atoms with Crippen molar-refractivity contribution in [2.45, 2.75) is 17.3 Å². The number of hydrogen-bond acceptors (Lipinski definition) is 4. The fraction of sp³-hybridized carbons (Fsp3) is 0.571. The molecule has 114 valence electrons. The largest absolute Gasteiger partial charge is 0.379 e. The molecule has 5 nitrogen and oxygen atoms in total. The van der Waals surface area contributed by atoms with Crippen LogP contribution < -0.4 is 5.32 Å². The van der Waals surface area contributed by atoms with Gasteiger partial charge in [-0.25, -0.2) is 4.98 Å². The molecule has 0 radical (unpaired) electrons. The van der Waals surface area contributed by atoms with Crippen molar-refractivity contribution in [1.29, 1.82) is 0 Å². The second-order valence-corrected chi connectivity index (χ2v) is 6.99. The van der Waals surface area contributed by atoms with Gasteiger partial charge in [-0.05, 0) is 18.1 Å². The Balaban J connectivity index is 1.53. The molecule has 0 spiro atoms. The fourth-order valence-electron chi connectivity index (χ4n) is 2.32. The summed E-state index contributed by atoms with van der Waals surface area (Å²) in [6, 6.07) is 3.78. The van der Waals surface area contributed by atoms with E-state index in [-0.39, 0.29) is 11.8 Å². The normalized spacial score (nSPS) is 24.6. The molecule has 2 fully saturated rings. The highest BCUT2D eigenvalue weighted by Crippen LogP contribution is 2.53. The zero-order valence-corrected chi connectivity index (χ0v) is 13.0. The third kappa shape index (κ3) is 3.86. The summed E-state index contributed by atoms with van der Waals surface area (Å²) < 4.78 is 4.42. The fourth-order valence-corrected chi connectivity index (χ4v) is 2.83. The van der Waals surface area contributed by atoms with E-state index in [1.165, 1.54) is 0 Å². The molecule has 1 N–H and O–H groups in total. The molecule has 2 heterocycles. The van der Waals surface area contributed by atoms with Crippen LogP contribution in [-0.4, -0.2) is 46.4 Å². The first-order chi connectivity index (χ1) is 10.0. The van der Waals surface area contributed by atoms with E-state index in [1.54, 1.807) is 12.3 Å². The van der Waals surface area contributed by atoms with Gasteiger partial charge in [-0.1, -0.05) is 6.07 Å². The van der Waals surface area contributed by atoms with Gasteiger partial charge in [-0.15, -0.1) is 23.2 Å². The summed E-state index contributed by atoms with van der Waals surface area (Å²) in [6.45, 7) is 4.28. The maximum absolute atomic E-state index is 11.9. The smallest absolute Gasteiger partial charge is 0.231 e. The van der Waals surface area contributed by atoms with E-state index < -0.39 is 4.33 Å². The zero-order valence-electron chi connectivity index (χ0n) is 11.5. The highest BCUT2D eigenvalue weighted by Gasteiger charge is 2.56. The third-order valence-corrected chi connectivity index (χ3v) is 4.56. The predicted molar refractivity (Wildman–Crippen MR) is 81.5 cm³/mol. The lowest BCUT2D eigenvalue weighted by Crippen LogP contribution is -2.35. The number of anilines is 1. The average Bonchev–Trinajstić information content (AvgIpc) is 3.11. The van der Waals surface area contributed by atoms with Crippen LogP contribution in [0.3, 0.4) is 0 Å². The Labute approximate surface area is 133 Å². The van der Waals surface area contributed by atoms with Crippen LogP contribution in [0, 0.1) is 5.92 Å². The van der Waals surface area contributed by atoms with Crippen molar-refractivity contribution < 1.29 is 9.53 Å². The standard InChI is InChI=1S/C14H17Cl2N3O2/c15-14(16)7-11(14)13(20)18-12-2-1-10(8-17-12)9-19-3-5-21-6-4-19/h1-2,8,11H,3-7,9H2,(H,17,18,20)/t11-/m1/s1. The van der Waals surface area contributed by atoms with Crippen molar-refractivity contribution >= 4 is 34.9 Å². The van der Waals surface area contributed by atoms with Crippen LogP contribution in [0.1, 0.15) is 12.0 Å². The van der Waals surface area contributed by atoms with Gasteiger partial charge in [-0.2, -0.15) is 0 Å². The van der Waals surface area contributed by atoms with Crippen LogP contribution in [0.4, 0.5) is 5.82 Å². The molecule has 0 bridgehead atoms. The lowest BCUT2D eigenvalue weighted by atomic mass is 10.2. The second kappa shape index (κ2) is 6.08. The number of pyridine rings is 1. The van der Waals surface area contributed by atoms with E-state index >= 15 is 0 Å². The number of alkyl halides is 2. The molecule has 1 saturated carbocycles. The summed E-state index contributed by atoms with van der Waals surface area (Å²) in [7, 11) is 0. The number of hydrogen-bond donors (Lipinski definition) is 1. The van der Waals surface area contributed by atoms with Crippen molar-refractivity contribution in [1.82, 2.24) is 9.88 Å². The van der Waals surface area contributed by atoms with E-state index in [1.807, 2.05) is 6.07 Å². The Kier molecular flexibility index (Phi) is 4.36. The van der Waals surface area contributed by atoms with Crippen LogP contribution in [0.2, 0.25) is 0 Å². The first kappa shape index (κ1) is 15.0. The third-order valence-electron chi connectivity index (χ3n) is 3.73. The van der Waals surface area contributed by atoms with E-state index in [2.05, 4.69) is 15.2 Å². The highest BCUT2D eigenvalue weighted by molar-refractivity contribution is 6.52. The molecule has 0 unspecified atom stereocenters. The van der Waals surface area contributed by atoms with Gasteiger partial charge in [0.1, 0.15) is 10.2 Å². The van der Waals surface area contributed by atoms with Crippen LogP contribution in [0.15, 0.2) is 18.3 Å². The van der Waals surface area contributed by atoms with Gasteiger partial charge in [-0.3, -0.25) is 9.69 Å². The van der Waals surface area contributed by atoms with E-state index in [4.69, 9.17) is 27.9 Å². The molecule has 1 aromatic heterocycles. The number of nitrogens with one attached hydrogen (secondary N) is 1. The first-order valence-corrected chi connectivity index (χ1v) is 7.74. The van der Waals surface area contributed by atoms with Gasteiger partial charge in [0.25, 0.3) is 0 Å². The Morgan fingerprint density at radius 1 is 1.43 bits per heavy atom. The summed E-state index contributed by atoms with van der Waals surface area (Å²) in [4.78, 5) is 18.4. The van der Waals surface area contributed by atoms with Crippen molar-refractivity contribution in [2.75, 3.05) is 31.6 Å². The summed E-state index contributed by atoms with van der Waals surface area (Å²) in [5.41, 5.74) is 1.12. The monoisotopic (exact) mass is 329 g/mol. The topological polar surface area (TPSA) is 54.5 Å². The number of aromatic nitrogens is 1. The molecule has 1 aliphatic carbocycles. The Morgan fingerprint density at radius 2 is 2.14 bits per heavy atom. The highest BCUT2D eigenvalue weighted by atomic mass is 35.5. The second-order valence-electron chi connectivity index (χ2n) is 5.45. The Hall–Kier alpha value is -0.880. The Bertz CT molecular complexity index is 515. The number of rotatable bonds is 4. The van der Waals surface area contributed by atoms with Crippen molar-refractivity contribution in [3.8, 4) is 0 Å². The van der Waals surface area contributed by atoms with Gasteiger partial charge in [0.05, 0.1) is 19.1 Å². The lowest BCUT2D eigenvalue weighted by molar-refractivity contribution is -0.117. The van der Waals surface area contributed by atoms with Crippen molar-refractivity contribution in [3.05, 3.63) is 23.9 Å². The number of nitrogens with zero attached hydrogens (tertiary/aromatic N) is 2. The minimum atomic E-state index is -0.902. The summed E-state index contributed by atoms with van der Waals surface area (Å²) in [5, 5.41) is 2.74. The minimum absolute atomic E-state index is 0.173. The molecule has 1 atom stereocenters. The van der Waals surface area contributed by atoms with Gasteiger partial charge in [0.2, 0.25) is 5.91 Å². The number of ether oxygens (including phenoxy) is 1. The summed E-state index contributed by atoms with van der Waals surface area (Å²) >= 11 is 11.7. The SMILES string of the molecule is O=C(Nc1ccc(CN2CCOCC2)cn1)[C@H]1CC1(Cl)Cl. The molecule has 21 heavy (non-hydrogen) atoms. The van der Waals surface area contributed by atoms with Gasteiger partial charge >= 0.3 is 0 Å². The maximum Gasteiger partial charge on any atom is 0.231 e. The molecular weight excluding hydrogens is 313 g/mol. The first-order valence-electron chi connectivity index (χ1n) is 6.98. The lowest BCUT2D eigenvalue weighted by Gasteiger charge is -2.26. The zero-order chi connectivity index (χ0) is 14.9. The number of halogens is 2. The van der Waals surface area contributed by atoms with Gasteiger partial charge in [0, 0.05) is 25.8 Å². The number of morpholine rings is 1. The average molecular weight is 330 g/mol. The van der Waals surface area contributed by atoms with Crippen molar-refractivity contribution in [2.24, 2.45) is 5.92 Å². The summed E-state index contributed by atoms with van der Waals surface area (Å²) in [6.07, 6.45) is 2.28. The quantitative estimate of drug-likeness (QED) is 0.859. The van der Waals surface area contributed by atoms with E-state index in [0.717, 1.165) is 38.4 Å². The van der Waals surface area contributed by atoms with E-state index in [9.17, 15) is 4.79 Å². The molecule has 0 aromatic carbocycles. The van der Waals surface area contributed by atoms with Crippen LogP contribution in [0.5, 0.6) is 0 Å². The molecule has 1 aliphatic heterocycles. The van der Waals surface area contributed by atoms with Gasteiger partial charge < -0.3 is 10.1 Å². The van der Waals surface area contributed by atoms with Crippen molar-refractivity contribution in [3.63, 3.8) is 0 Å². The summed E-state index contributed by atoms with van der Waals surface area (Å²) in [5.74, 6) is 0.0193. The van der Waals surface area contributed by atoms with Gasteiger partial charge in [0.15, 0.2) is 0 Å². The molecule has 3 rings (SSSR count). The number of carbonyl (C=O) groups excluding carboxylic acids is 1. The molecule has 1 aromatic rings. The predicted octanol–water partition coefficient (Wildman–Crippen LogP) is 2.05. The molecule has 2 aliphatic rings. The Morgan fingerprint density at radius 3 is 2.71 bits per heavy atom. The van der Waals surface area contributed by atoms with Crippen LogP contribution >= 0.6 is 23.2 Å². The number of carbonyl (C=O) groups is 1. The molecule has 1 amide bonds.